The molecule has 0 aromatic carbocycles. The van der Waals surface area contributed by atoms with Gasteiger partial charge in [-0.05, 0) is 61.3 Å². The number of hydrogen-bond donors (Lipinski definition) is 0. The predicted molar refractivity (Wildman–Crippen MR) is 92.4 cm³/mol. The molecule has 132 valence electrons. The van der Waals surface area contributed by atoms with Crippen LogP contribution in [0.1, 0.15) is 52.4 Å². The van der Waals surface area contributed by atoms with E-state index in [2.05, 4.69) is 27.0 Å². The van der Waals surface area contributed by atoms with Crippen LogP contribution in [0.2, 0.25) is 0 Å². The van der Waals surface area contributed by atoms with Crippen LogP contribution in [0.5, 0.6) is 0 Å². The highest BCUT2D eigenvalue weighted by Gasteiger charge is 2.59. The second-order valence-electron chi connectivity index (χ2n) is 9.21. The Morgan fingerprint density at radius 3 is 2.67 bits per heavy atom. The Bertz CT molecular complexity index is 584. The second-order valence-corrected chi connectivity index (χ2v) is 9.21. The monoisotopic (exact) mass is 330 g/mol. The van der Waals surface area contributed by atoms with Gasteiger partial charge in [-0.15, -0.1) is 0 Å². The third kappa shape index (κ3) is 2.10. The number of allylic oxidation sites excluding steroid dienone is 1. The molecule has 5 fully saturated rings. The molecule has 0 aromatic heterocycles. The van der Waals surface area contributed by atoms with Crippen LogP contribution >= 0.6 is 0 Å². The molecule has 1 saturated carbocycles. The van der Waals surface area contributed by atoms with Gasteiger partial charge in [-0.1, -0.05) is 27.0 Å². The highest BCUT2D eigenvalue weighted by Crippen LogP contribution is 2.61. The van der Waals surface area contributed by atoms with Crippen molar-refractivity contribution in [1.29, 1.82) is 0 Å². The first-order valence-corrected chi connectivity index (χ1v) is 9.83. The van der Waals surface area contributed by atoms with Gasteiger partial charge in [0.1, 0.15) is 11.9 Å². The molecule has 3 heteroatoms. The van der Waals surface area contributed by atoms with Crippen molar-refractivity contribution < 1.29 is 14.2 Å². The van der Waals surface area contributed by atoms with E-state index in [1.54, 1.807) is 0 Å². The van der Waals surface area contributed by atoms with Gasteiger partial charge in [0.2, 0.25) is 0 Å². The molecule has 4 saturated heterocycles. The van der Waals surface area contributed by atoms with E-state index >= 15 is 0 Å². The van der Waals surface area contributed by atoms with Crippen molar-refractivity contribution in [1.82, 2.24) is 0 Å². The molecule has 24 heavy (non-hydrogen) atoms. The number of fused-ring (bicyclic) bond motifs is 9. The van der Waals surface area contributed by atoms with Crippen molar-refractivity contribution in [2.24, 2.45) is 23.2 Å². The standard InChI is InChI=1S/C21H30O3/c1-11-5-6-14-10-21(14,4)18-8-7-16(23-18)17-9-15-12(2)13(3)22-20(15)19(11)24-17/h11,14-20H,2-3,5-10H2,1,4H3/t11-,14-,15+,16?,17+,18+,19?,20-,21-/m1/s1. The van der Waals surface area contributed by atoms with Crippen molar-refractivity contribution in [3.05, 3.63) is 24.5 Å². The highest BCUT2D eigenvalue weighted by atomic mass is 16.6. The van der Waals surface area contributed by atoms with E-state index in [-0.39, 0.29) is 24.4 Å². The average molecular weight is 330 g/mol. The highest BCUT2D eigenvalue weighted by molar-refractivity contribution is 5.30. The second kappa shape index (κ2) is 5.11. The molecular weight excluding hydrogens is 300 g/mol. The minimum absolute atomic E-state index is 0.111. The van der Waals surface area contributed by atoms with Gasteiger partial charge < -0.3 is 14.2 Å². The minimum atomic E-state index is 0.111. The summed E-state index contributed by atoms with van der Waals surface area (Å²) in [6, 6.07) is 0. The van der Waals surface area contributed by atoms with Crippen molar-refractivity contribution in [3.63, 3.8) is 0 Å². The molecular formula is C21H30O3. The fraction of sp³-hybridized carbons (Fsp3) is 0.810. The summed E-state index contributed by atoms with van der Waals surface area (Å²) in [5.74, 6) is 2.49. The van der Waals surface area contributed by atoms with Crippen molar-refractivity contribution in [2.75, 3.05) is 0 Å². The summed E-state index contributed by atoms with van der Waals surface area (Å²) in [6.07, 6.45) is 8.34. The molecule has 5 rings (SSSR count). The van der Waals surface area contributed by atoms with E-state index in [0.717, 1.165) is 30.1 Å². The van der Waals surface area contributed by atoms with E-state index in [1.165, 1.54) is 25.7 Å². The lowest BCUT2D eigenvalue weighted by Gasteiger charge is -2.42. The number of hydrogen-bond acceptors (Lipinski definition) is 3. The van der Waals surface area contributed by atoms with Crippen LogP contribution < -0.4 is 0 Å². The molecule has 0 amide bonds. The Hall–Kier alpha value is -0.800. The lowest BCUT2D eigenvalue weighted by atomic mass is 9.79. The van der Waals surface area contributed by atoms with Crippen LogP contribution in [0.4, 0.5) is 0 Å². The maximum absolute atomic E-state index is 6.62. The van der Waals surface area contributed by atoms with Gasteiger partial charge in [-0.3, -0.25) is 0 Å². The zero-order valence-corrected chi connectivity index (χ0v) is 15.0. The van der Waals surface area contributed by atoms with Crippen LogP contribution in [0, 0.1) is 23.2 Å². The van der Waals surface area contributed by atoms with E-state index < -0.39 is 0 Å². The first kappa shape index (κ1) is 15.5. The topological polar surface area (TPSA) is 27.7 Å². The average Bonchev–Trinajstić information content (AvgIpc) is 2.92. The van der Waals surface area contributed by atoms with E-state index in [9.17, 15) is 0 Å². The van der Waals surface area contributed by atoms with Gasteiger partial charge in [-0.2, -0.15) is 0 Å². The molecule has 1 aliphatic carbocycles. The number of ether oxygens (including phenoxy) is 3. The fourth-order valence-corrected chi connectivity index (χ4v) is 5.93. The first-order chi connectivity index (χ1) is 11.5. The van der Waals surface area contributed by atoms with Crippen LogP contribution in [-0.4, -0.2) is 30.5 Å². The maximum Gasteiger partial charge on any atom is 0.132 e. The molecule has 0 N–H and O–H groups in total. The normalized spacial score (nSPS) is 56.1. The van der Waals surface area contributed by atoms with Crippen LogP contribution in [0.25, 0.3) is 0 Å². The van der Waals surface area contributed by atoms with Gasteiger partial charge in [0.05, 0.1) is 24.4 Å². The Kier molecular flexibility index (Phi) is 3.29. The van der Waals surface area contributed by atoms with Crippen molar-refractivity contribution in [3.8, 4) is 0 Å². The molecule has 4 aliphatic heterocycles. The maximum atomic E-state index is 6.62. The molecule has 2 unspecified atom stereocenters. The van der Waals surface area contributed by atoms with Crippen LogP contribution in [0.15, 0.2) is 24.5 Å². The third-order valence-electron chi connectivity index (χ3n) is 7.82. The molecule has 4 bridgehead atoms. The predicted octanol–water partition coefficient (Wildman–Crippen LogP) is 4.23. The summed E-state index contributed by atoms with van der Waals surface area (Å²) in [7, 11) is 0. The first-order valence-electron chi connectivity index (χ1n) is 9.83. The molecule has 9 atom stereocenters. The van der Waals surface area contributed by atoms with Crippen molar-refractivity contribution in [2.45, 2.75) is 82.9 Å². The lowest BCUT2D eigenvalue weighted by Crippen LogP contribution is -2.50. The number of rotatable bonds is 0. The summed E-state index contributed by atoms with van der Waals surface area (Å²) < 4.78 is 19.3. The largest absolute Gasteiger partial charge is 0.487 e. The van der Waals surface area contributed by atoms with Gasteiger partial charge in [-0.25, -0.2) is 0 Å². The Labute approximate surface area is 145 Å². The van der Waals surface area contributed by atoms with E-state index in [0.29, 0.717) is 23.4 Å². The molecule has 5 aliphatic rings. The summed E-state index contributed by atoms with van der Waals surface area (Å²) in [6.45, 7) is 13.1. The SMILES string of the molecule is C=C1O[C@H]2C3O[C@@H](C[C@H]2C1=C)C1CC[C@H](O1)[C@]1(C)C[C@H]1CC[C@H]3C. The van der Waals surface area contributed by atoms with E-state index in [1.807, 2.05) is 0 Å². The van der Waals surface area contributed by atoms with Gasteiger partial charge in [0.25, 0.3) is 0 Å². The zero-order valence-electron chi connectivity index (χ0n) is 15.0. The van der Waals surface area contributed by atoms with Gasteiger partial charge in [0.15, 0.2) is 0 Å². The third-order valence-corrected chi connectivity index (χ3v) is 7.82. The van der Waals surface area contributed by atoms with E-state index in [4.69, 9.17) is 14.2 Å². The quantitative estimate of drug-likeness (QED) is 0.665. The Balaban J connectivity index is 1.47. The minimum Gasteiger partial charge on any atom is -0.487 e. The lowest BCUT2D eigenvalue weighted by molar-refractivity contribution is -0.184. The van der Waals surface area contributed by atoms with Crippen LogP contribution in [0.3, 0.4) is 0 Å². The van der Waals surface area contributed by atoms with Gasteiger partial charge >= 0.3 is 0 Å². The Morgan fingerprint density at radius 2 is 1.83 bits per heavy atom. The fourth-order valence-electron chi connectivity index (χ4n) is 5.93. The van der Waals surface area contributed by atoms with Crippen molar-refractivity contribution >= 4 is 0 Å². The van der Waals surface area contributed by atoms with Crippen LogP contribution in [-0.2, 0) is 14.2 Å². The molecule has 0 radical (unpaired) electrons. The molecule has 0 aromatic rings. The summed E-state index contributed by atoms with van der Waals surface area (Å²) in [5.41, 5.74) is 1.52. The summed E-state index contributed by atoms with van der Waals surface area (Å²) in [5, 5.41) is 0. The Morgan fingerprint density at radius 1 is 1.00 bits per heavy atom. The smallest absolute Gasteiger partial charge is 0.132 e. The molecule has 3 nitrogen and oxygen atoms in total. The molecule has 0 spiro atoms. The van der Waals surface area contributed by atoms with Gasteiger partial charge in [0, 0.05) is 5.92 Å². The molecule has 4 heterocycles. The summed E-state index contributed by atoms with van der Waals surface area (Å²) in [4.78, 5) is 0. The zero-order chi connectivity index (χ0) is 16.6. The summed E-state index contributed by atoms with van der Waals surface area (Å²) >= 11 is 0.